The lowest BCUT2D eigenvalue weighted by molar-refractivity contribution is 0.364. The minimum Gasteiger partial charge on any atom is -0.508 e. The molecule has 1 aliphatic heterocycles. The van der Waals surface area contributed by atoms with Gasteiger partial charge in [0.05, 0.1) is 11.6 Å². The largest absolute Gasteiger partial charge is 0.508 e. The van der Waals surface area contributed by atoms with Gasteiger partial charge < -0.3 is 10.4 Å². The molecule has 3 heteroatoms. The number of aromatic hydroxyl groups is 1. The zero-order valence-corrected chi connectivity index (χ0v) is 7.12. The molecule has 0 bridgehead atoms. The molecule has 0 unspecified atom stereocenters. The SMILES string of the molecule is N#Cc1ccc(O)c([C@H]2CCN2)c1. The van der Waals surface area contributed by atoms with Gasteiger partial charge in [0, 0.05) is 11.6 Å². The summed E-state index contributed by atoms with van der Waals surface area (Å²) >= 11 is 0. The average Bonchev–Trinajstić information content (AvgIpc) is 2.06. The Bertz CT molecular complexity index is 364. The smallest absolute Gasteiger partial charge is 0.120 e. The van der Waals surface area contributed by atoms with Gasteiger partial charge >= 0.3 is 0 Å². The molecular weight excluding hydrogens is 164 g/mol. The summed E-state index contributed by atoms with van der Waals surface area (Å²) in [7, 11) is 0. The van der Waals surface area contributed by atoms with Crippen molar-refractivity contribution in [2.45, 2.75) is 12.5 Å². The van der Waals surface area contributed by atoms with E-state index in [1.54, 1.807) is 18.2 Å². The lowest BCUT2D eigenvalue weighted by atomic mass is 9.96. The first-order chi connectivity index (χ1) is 6.31. The van der Waals surface area contributed by atoms with Gasteiger partial charge in [0.2, 0.25) is 0 Å². The fourth-order valence-electron chi connectivity index (χ4n) is 1.46. The molecule has 1 atom stereocenters. The maximum atomic E-state index is 9.52. The summed E-state index contributed by atoms with van der Waals surface area (Å²) in [5.41, 5.74) is 1.44. The van der Waals surface area contributed by atoms with Crippen LogP contribution in [0.15, 0.2) is 18.2 Å². The Balaban J connectivity index is 2.37. The fraction of sp³-hybridized carbons (Fsp3) is 0.300. The molecule has 0 saturated carbocycles. The van der Waals surface area contributed by atoms with Crippen molar-refractivity contribution >= 4 is 0 Å². The molecule has 1 heterocycles. The number of hydrogen-bond acceptors (Lipinski definition) is 3. The molecule has 0 radical (unpaired) electrons. The number of nitriles is 1. The van der Waals surface area contributed by atoms with E-state index in [9.17, 15) is 5.11 Å². The Hall–Kier alpha value is -1.53. The standard InChI is InChI=1S/C10H10N2O/c11-6-7-1-2-10(13)8(5-7)9-3-4-12-9/h1-2,5,9,12-13H,3-4H2/t9-/m1/s1. The predicted molar refractivity (Wildman–Crippen MR) is 48.2 cm³/mol. The van der Waals surface area contributed by atoms with Crippen LogP contribution in [0.2, 0.25) is 0 Å². The van der Waals surface area contributed by atoms with Crippen LogP contribution in [0, 0.1) is 11.3 Å². The van der Waals surface area contributed by atoms with Crippen LogP contribution in [0.4, 0.5) is 0 Å². The average molecular weight is 174 g/mol. The van der Waals surface area contributed by atoms with E-state index in [1.165, 1.54) is 0 Å². The highest BCUT2D eigenvalue weighted by Crippen LogP contribution is 2.30. The van der Waals surface area contributed by atoms with Crippen LogP contribution in [-0.4, -0.2) is 11.7 Å². The monoisotopic (exact) mass is 174 g/mol. The van der Waals surface area contributed by atoms with Crippen molar-refractivity contribution in [2.75, 3.05) is 6.54 Å². The third kappa shape index (κ3) is 1.36. The van der Waals surface area contributed by atoms with Gasteiger partial charge in [-0.2, -0.15) is 5.26 Å². The second-order valence-electron chi connectivity index (χ2n) is 3.18. The van der Waals surface area contributed by atoms with Gasteiger partial charge in [-0.3, -0.25) is 0 Å². The maximum Gasteiger partial charge on any atom is 0.120 e. The summed E-state index contributed by atoms with van der Waals surface area (Å²) in [5, 5.41) is 21.4. The lowest BCUT2D eigenvalue weighted by Gasteiger charge is -2.28. The third-order valence-electron chi connectivity index (χ3n) is 2.36. The lowest BCUT2D eigenvalue weighted by Crippen LogP contribution is -2.34. The van der Waals surface area contributed by atoms with Gasteiger partial charge in [0.15, 0.2) is 0 Å². The number of phenolic OH excluding ortho intramolecular Hbond substituents is 1. The van der Waals surface area contributed by atoms with Crippen LogP contribution in [0.1, 0.15) is 23.6 Å². The van der Waals surface area contributed by atoms with Crippen LogP contribution >= 0.6 is 0 Å². The van der Waals surface area contributed by atoms with Crippen LogP contribution < -0.4 is 5.32 Å². The Kier molecular flexibility index (Phi) is 1.91. The number of hydrogen-bond donors (Lipinski definition) is 2. The first-order valence-electron chi connectivity index (χ1n) is 4.27. The molecule has 0 amide bonds. The molecule has 13 heavy (non-hydrogen) atoms. The molecule has 1 aromatic carbocycles. The summed E-state index contributed by atoms with van der Waals surface area (Å²) in [4.78, 5) is 0. The van der Waals surface area contributed by atoms with Gasteiger partial charge in [-0.25, -0.2) is 0 Å². The zero-order chi connectivity index (χ0) is 9.26. The Morgan fingerprint density at radius 3 is 2.85 bits per heavy atom. The molecule has 2 N–H and O–H groups in total. The molecule has 2 rings (SSSR count). The number of benzene rings is 1. The second kappa shape index (κ2) is 3.08. The van der Waals surface area contributed by atoms with Gasteiger partial charge in [-0.05, 0) is 31.2 Å². The summed E-state index contributed by atoms with van der Waals surface area (Å²) in [6.45, 7) is 0.987. The summed E-state index contributed by atoms with van der Waals surface area (Å²) in [5.74, 6) is 0.274. The highest BCUT2D eigenvalue weighted by atomic mass is 16.3. The van der Waals surface area contributed by atoms with E-state index in [0.29, 0.717) is 5.56 Å². The van der Waals surface area contributed by atoms with Crippen molar-refractivity contribution in [1.82, 2.24) is 5.32 Å². The first kappa shape index (κ1) is 8.09. The molecular formula is C10H10N2O. The van der Waals surface area contributed by atoms with Crippen molar-refractivity contribution < 1.29 is 5.11 Å². The first-order valence-corrected chi connectivity index (χ1v) is 4.27. The van der Waals surface area contributed by atoms with Crippen molar-refractivity contribution in [2.24, 2.45) is 0 Å². The van der Waals surface area contributed by atoms with Crippen LogP contribution in [0.5, 0.6) is 5.75 Å². The Morgan fingerprint density at radius 2 is 2.31 bits per heavy atom. The molecule has 0 aromatic heterocycles. The molecule has 1 aromatic rings. The zero-order valence-electron chi connectivity index (χ0n) is 7.12. The van der Waals surface area contributed by atoms with E-state index in [1.807, 2.05) is 0 Å². The minimum absolute atomic E-state index is 0.230. The highest BCUT2D eigenvalue weighted by Gasteiger charge is 2.21. The quantitative estimate of drug-likeness (QED) is 0.674. The summed E-state index contributed by atoms with van der Waals surface area (Å²) in [6, 6.07) is 7.23. The van der Waals surface area contributed by atoms with E-state index >= 15 is 0 Å². The minimum atomic E-state index is 0.230. The highest BCUT2D eigenvalue weighted by molar-refractivity contribution is 5.43. The topological polar surface area (TPSA) is 56.0 Å². The molecule has 0 spiro atoms. The number of nitrogens with zero attached hydrogens (tertiary/aromatic N) is 1. The van der Waals surface area contributed by atoms with E-state index in [0.717, 1.165) is 18.5 Å². The third-order valence-corrected chi connectivity index (χ3v) is 2.36. The molecule has 1 fully saturated rings. The molecule has 1 saturated heterocycles. The van der Waals surface area contributed by atoms with Crippen LogP contribution in [0.25, 0.3) is 0 Å². The van der Waals surface area contributed by atoms with Crippen molar-refractivity contribution in [3.8, 4) is 11.8 Å². The number of phenols is 1. The van der Waals surface area contributed by atoms with Crippen LogP contribution in [-0.2, 0) is 0 Å². The molecule has 1 aliphatic rings. The van der Waals surface area contributed by atoms with E-state index in [-0.39, 0.29) is 11.8 Å². The summed E-state index contributed by atoms with van der Waals surface area (Å²) in [6.07, 6.45) is 1.03. The maximum absolute atomic E-state index is 9.52. The number of nitrogens with one attached hydrogen (secondary N) is 1. The Morgan fingerprint density at radius 1 is 1.54 bits per heavy atom. The van der Waals surface area contributed by atoms with Gasteiger partial charge in [0.1, 0.15) is 5.75 Å². The van der Waals surface area contributed by atoms with E-state index < -0.39 is 0 Å². The molecule has 66 valence electrons. The van der Waals surface area contributed by atoms with Crippen molar-refractivity contribution in [3.05, 3.63) is 29.3 Å². The summed E-state index contributed by atoms with van der Waals surface area (Å²) < 4.78 is 0. The Labute approximate surface area is 76.6 Å². The fourth-order valence-corrected chi connectivity index (χ4v) is 1.46. The van der Waals surface area contributed by atoms with E-state index in [4.69, 9.17) is 5.26 Å². The van der Waals surface area contributed by atoms with Crippen molar-refractivity contribution in [1.29, 1.82) is 5.26 Å². The van der Waals surface area contributed by atoms with Crippen molar-refractivity contribution in [3.63, 3.8) is 0 Å². The molecule has 3 nitrogen and oxygen atoms in total. The van der Waals surface area contributed by atoms with Crippen LogP contribution in [0.3, 0.4) is 0 Å². The van der Waals surface area contributed by atoms with Gasteiger partial charge in [0.25, 0.3) is 0 Å². The molecule has 0 aliphatic carbocycles. The normalized spacial score (nSPS) is 20.4. The van der Waals surface area contributed by atoms with Gasteiger partial charge in [-0.15, -0.1) is 0 Å². The predicted octanol–water partition coefficient (Wildman–Crippen LogP) is 1.30. The second-order valence-corrected chi connectivity index (χ2v) is 3.18. The van der Waals surface area contributed by atoms with Gasteiger partial charge in [-0.1, -0.05) is 0 Å². The number of rotatable bonds is 1. The van der Waals surface area contributed by atoms with E-state index in [2.05, 4.69) is 11.4 Å².